The van der Waals surface area contributed by atoms with Gasteiger partial charge in [0, 0.05) is 17.1 Å². The Balaban J connectivity index is 2.33. The van der Waals surface area contributed by atoms with Crippen molar-refractivity contribution in [1.82, 2.24) is 4.57 Å². The minimum atomic E-state index is -0.667. The van der Waals surface area contributed by atoms with Crippen LogP contribution in [0.25, 0.3) is 10.1 Å². The van der Waals surface area contributed by atoms with Gasteiger partial charge in [-0.3, -0.25) is 14.2 Å². The van der Waals surface area contributed by atoms with Gasteiger partial charge in [-0.15, -0.1) is 11.3 Å². The Hall–Kier alpha value is -2.33. The van der Waals surface area contributed by atoms with Crippen LogP contribution in [0.4, 0.5) is 0 Å². The number of rotatable bonds is 2. The highest BCUT2D eigenvalue weighted by Crippen LogP contribution is 2.41. The van der Waals surface area contributed by atoms with Crippen LogP contribution < -0.4 is 5.56 Å². The van der Waals surface area contributed by atoms with Crippen molar-refractivity contribution in [3.05, 3.63) is 60.2 Å². The van der Waals surface area contributed by atoms with E-state index in [1.54, 1.807) is 24.3 Å². The van der Waals surface area contributed by atoms with Crippen LogP contribution in [0.15, 0.2) is 23.0 Å². The van der Waals surface area contributed by atoms with E-state index >= 15 is 0 Å². The van der Waals surface area contributed by atoms with Gasteiger partial charge in [-0.2, -0.15) is 5.26 Å². The van der Waals surface area contributed by atoms with E-state index < -0.39 is 17.2 Å². The smallest absolute Gasteiger partial charge is 0.271 e. The molecule has 0 radical (unpaired) electrons. The number of fused-ring (bicyclic) bond motifs is 1. The van der Waals surface area contributed by atoms with Gasteiger partial charge in [-0.25, -0.2) is 0 Å². The van der Waals surface area contributed by atoms with Gasteiger partial charge < -0.3 is 5.11 Å². The van der Waals surface area contributed by atoms with Crippen molar-refractivity contribution < 1.29 is 9.90 Å². The van der Waals surface area contributed by atoms with Gasteiger partial charge in [0.15, 0.2) is 0 Å². The molecule has 1 N–H and O–H groups in total. The predicted molar refractivity (Wildman–Crippen MR) is 98.1 cm³/mol. The molecule has 0 fully saturated rings. The first-order chi connectivity index (χ1) is 11.8. The first kappa shape index (κ1) is 17.5. The van der Waals surface area contributed by atoms with E-state index in [-0.39, 0.29) is 26.6 Å². The number of pyridine rings is 1. The molecule has 0 aliphatic rings. The Morgan fingerprint density at radius 2 is 2.04 bits per heavy atom. The lowest BCUT2D eigenvalue weighted by Gasteiger charge is -2.11. The molecule has 3 aromatic rings. The Bertz CT molecular complexity index is 1160. The van der Waals surface area contributed by atoms with E-state index in [1.165, 1.54) is 14.0 Å². The van der Waals surface area contributed by atoms with Crippen molar-refractivity contribution in [3.8, 4) is 11.9 Å². The first-order valence-electron chi connectivity index (χ1n) is 7.03. The van der Waals surface area contributed by atoms with E-state index in [0.717, 1.165) is 20.6 Å². The number of nitrogens with zero attached hydrogens (tertiary/aromatic N) is 2. The molecule has 0 unspecified atom stereocenters. The fraction of sp³-hybridized carbons (Fsp3) is 0.118. The van der Waals surface area contributed by atoms with E-state index in [4.69, 9.17) is 23.2 Å². The van der Waals surface area contributed by atoms with Gasteiger partial charge in [0.05, 0.1) is 20.5 Å². The number of benzene rings is 1. The van der Waals surface area contributed by atoms with Crippen molar-refractivity contribution in [3.63, 3.8) is 0 Å². The number of ketones is 1. The topological polar surface area (TPSA) is 83.1 Å². The van der Waals surface area contributed by atoms with E-state index in [2.05, 4.69) is 0 Å². The number of aromatic nitrogens is 1. The molecule has 25 heavy (non-hydrogen) atoms. The summed E-state index contributed by atoms with van der Waals surface area (Å²) in [6.07, 6.45) is 0. The second kappa shape index (κ2) is 6.19. The Labute approximate surface area is 156 Å². The Morgan fingerprint density at radius 1 is 1.36 bits per heavy atom. The molecule has 8 heteroatoms. The molecule has 0 bridgehead atoms. The molecule has 0 aliphatic heterocycles. The van der Waals surface area contributed by atoms with Crippen LogP contribution in [0, 0.1) is 18.3 Å². The highest BCUT2D eigenvalue weighted by atomic mass is 35.5. The number of halogens is 2. The second-order valence-electron chi connectivity index (χ2n) is 5.36. The van der Waals surface area contributed by atoms with Gasteiger partial charge in [0.1, 0.15) is 11.6 Å². The lowest BCUT2D eigenvalue weighted by molar-refractivity contribution is 0.103. The average molecular weight is 393 g/mol. The van der Waals surface area contributed by atoms with Crippen LogP contribution in [0.5, 0.6) is 5.88 Å². The molecule has 3 rings (SSSR count). The zero-order chi connectivity index (χ0) is 18.5. The molecular formula is C17H10Cl2N2O3S. The summed E-state index contributed by atoms with van der Waals surface area (Å²) >= 11 is 13.6. The molecule has 0 aliphatic carbocycles. The van der Waals surface area contributed by atoms with Crippen molar-refractivity contribution in [2.75, 3.05) is 0 Å². The van der Waals surface area contributed by atoms with E-state index in [1.807, 2.05) is 0 Å². The van der Waals surface area contributed by atoms with Gasteiger partial charge >= 0.3 is 0 Å². The minimum Gasteiger partial charge on any atom is -0.494 e. The summed E-state index contributed by atoms with van der Waals surface area (Å²) in [5.41, 5.74) is -0.866. The summed E-state index contributed by atoms with van der Waals surface area (Å²) in [6.45, 7) is 1.45. The normalized spacial score (nSPS) is 10.8. The highest BCUT2D eigenvalue weighted by molar-refractivity contribution is 7.22. The van der Waals surface area contributed by atoms with Crippen LogP contribution in [0.3, 0.4) is 0 Å². The maximum atomic E-state index is 13.0. The number of carbonyl (C=O) groups is 1. The third-order valence-corrected chi connectivity index (χ3v) is 5.92. The number of hydrogen-bond acceptors (Lipinski definition) is 5. The summed E-state index contributed by atoms with van der Waals surface area (Å²) in [5.74, 6) is -1.07. The zero-order valence-electron chi connectivity index (χ0n) is 13.1. The molecule has 5 nitrogen and oxygen atoms in total. The monoisotopic (exact) mass is 392 g/mol. The van der Waals surface area contributed by atoms with Gasteiger partial charge in [0.2, 0.25) is 11.7 Å². The van der Waals surface area contributed by atoms with Crippen molar-refractivity contribution in [2.45, 2.75) is 6.92 Å². The number of carbonyl (C=O) groups excluding carboxylic acids is 1. The summed E-state index contributed by atoms with van der Waals surface area (Å²) in [4.78, 5) is 25.2. The van der Waals surface area contributed by atoms with Crippen molar-refractivity contribution in [1.29, 1.82) is 5.26 Å². The van der Waals surface area contributed by atoms with Crippen LogP contribution in [0.1, 0.15) is 26.4 Å². The van der Waals surface area contributed by atoms with Crippen LogP contribution in [-0.2, 0) is 7.05 Å². The fourth-order valence-electron chi connectivity index (χ4n) is 2.62. The minimum absolute atomic E-state index is 0.118. The van der Waals surface area contributed by atoms with Gasteiger partial charge in [-0.05, 0) is 24.6 Å². The molecule has 2 heterocycles. The number of nitriles is 1. The van der Waals surface area contributed by atoms with Crippen molar-refractivity contribution in [2.24, 2.45) is 7.05 Å². The largest absolute Gasteiger partial charge is 0.494 e. The lowest BCUT2D eigenvalue weighted by Crippen LogP contribution is -2.24. The summed E-state index contributed by atoms with van der Waals surface area (Å²) in [5, 5.41) is 20.7. The summed E-state index contributed by atoms with van der Waals surface area (Å²) in [6, 6.07) is 6.97. The van der Waals surface area contributed by atoms with Gasteiger partial charge in [0.25, 0.3) is 5.56 Å². The average Bonchev–Trinajstić information content (AvgIpc) is 2.91. The molecule has 0 spiro atoms. The molecule has 1 aromatic carbocycles. The maximum absolute atomic E-state index is 13.0. The third kappa shape index (κ3) is 2.52. The highest BCUT2D eigenvalue weighted by Gasteiger charge is 2.27. The maximum Gasteiger partial charge on any atom is 0.271 e. The fourth-order valence-corrected chi connectivity index (χ4v) is 4.52. The standard InChI is InChI=1S/C17H10Cl2N2O3S/c1-7-8(6-20)16(23)21(2)17(24)11(7)14(22)15-13(19)12-9(18)4-3-5-10(12)25-15/h3-5,24H,1-2H3. The quantitative estimate of drug-likeness (QED) is 0.667. The summed E-state index contributed by atoms with van der Waals surface area (Å²) < 4.78 is 1.59. The molecule has 0 saturated carbocycles. The van der Waals surface area contributed by atoms with Crippen LogP contribution in [-0.4, -0.2) is 15.5 Å². The molecule has 126 valence electrons. The molecule has 2 aromatic heterocycles. The van der Waals surface area contributed by atoms with Crippen LogP contribution >= 0.6 is 34.5 Å². The van der Waals surface area contributed by atoms with E-state index in [9.17, 15) is 20.0 Å². The zero-order valence-corrected chi connectivity index (χ0v) is 15.4. The number of hydrogen-bond donors (Lipinski definition) is 1. The second-order valence-corrected chi connectivity index (χ2v) is 7.20. The third-order valence-electron chi connectivity index (χ3n) is 3.96. The van der Waals surface area contributed by atoms with Crippen molar-refractivity contribution >= 4 is 50.4 Å². The number of aromatic hydroxyl groups is 1. The molecular weight excluding hydrogens is 383 g/mol. The van der Waals surface area contributed by atoms with E-state index in [0.29, 0.717) is 10.4 Å². The summed E-state index contributed by atoms with van der Waals surface area (Å²) in [7, 11) is 1.29. The lowest BCUT2D eigenvalue weighted by atomic mass is 10.0. The number of thiophene rings is 1. The van der Waals surface area contributed by atoms with Crippen LogP contribution in [0.2, 0.25) is 10.0 Å². The molecule has 0 saturated heterocycles. The Morgan fingerprint density at radius 3 is 2.64 bits per heavy atom. The first-order valence-corrected chi connectivity index (χ1v) is 8.60. The molecule has 0 atom stereocenters. The SMILES string of the molecule is Cc1c(C(=O)c2sc3cccc(Cl)c3c2Cl)c(O)n(C)c(=O)c1C#N. The Kier molecular flexibility index (Phi) is 4.33. The molecule has 0 amide bonds. The predicted octanol–water partition coefficient (Wildman–Crippen LogP) is 4.02. The van der Waals surface area contributed by atoms with Gasteiger partial charge in [-0.1, -0.05) is 29.3 Å².